The van der Waals surface area contributed by atoms with E-state index in [2.05, 4.69) is 43.3 Å². The average Bonchev–Trinajstić information content (AvgIpc) is 2.46. The Bertz CT molecular complexity index is 394. The van der Waals surface area contributed by atoms with Crippen LogP contribution in [0.25, 0.3) is 0 Å². The third kappa shape index (κ3) is 3.97. The summed E-state index contributed by atoms with van der Waals surface area (Å²) in [4.78, 5) is 2.26. The summed E-state index contributed by atoms with van der Waals surface area (Å²) in [6, 6.07) is 8.49. The largest absolute Gasteiger partial charge is 0.497 e. The molecule has 3 heteroatoms. The van der Waals surface area contributed by atoms with E-state index in [9.17, 15) is 5.11 Å². The molecular formula is C17H27NO2. The van der Waals surface area contributed by atoms with E-state index in [0.717, 1.165) is 38.0 Å². The van der Waals surface area contributed by atoms with Gasteiger partial charge in [0, 0.05) is 6.54 Å². The van der Waals surface area contributed by atoms with Gasteiger partial charge in [-0.25, -0.2) is 0 Å². The summed E-state index contributed by atoms with van der Waals surface area (Å²) < 4.78 is 5.25. The van der Waals surface area contributed by atoms with Crippen molar-refractivity contribution in [3.8, 4) is 5.75 Å². The number of benzene rings is 1. The van der Waals surface area contributed by atoms with Gasteiger partial charge in [0.05, 0.1) is 13.2 Å². The van der Waals surface area contributed by atoms with E-state index in [1.165, 1.54) is 5.56 Å². The van der Waals surface area contributed by atoms with Crippen molar-refractivity contribution < 1.29 is 9.84 Å². The number of methoxy groups -OCH3 is 1. The van der Waals surface area contributed by atoms with Gasteiger partial charge in [-0.1, -0.05) is 12.1 Å². The van der Waals surface area contributed by atoms with Gasteiger partial charge in [0.25, 0.3) is 0 Å². The predicted molar refractivity (Wildman–Crippen MR) is 82.3 cm³/mol. The van der Waals surface area contributed by atoms with Gasteiger partial charge in [0.15, 0.2) is 0 Å². The number of nitrogens with zero attached hydrogens (tertiary/aromatic N) is 1. The van der Waals surface area contributed by atoms with Crippen LogP contribution in [-0.4, -0.2) is 43.9 Å². The van der Waals surface area contributed by atoms with E-state index in [0.29, 0.717) is 11.8 Å². The second-order valence-electron chi connectivity index (χ2n) is 6.21. The Morgan fingerprint density at radius 3 is 2.25 bits per heavy atom. The van der Waals surface area contributed by atoms with E-state index < -0.39 is 0 Å². The van der Waals surface area contributed by atoms with Gasteiger partial charge < -0.3 is 14.7 Å². The molecule has 1 N–H and O–H groups in total. The van der Waals surface area contributed by atoms with E-state index in [-0.39, 0.29) is 6.10 Å². The first-order chi connectivity index (χ1) is 9.60. The zero-order chi connectivity index (χ0) is 14.5. The van der Waals surface area contributed by atoms with Crippen molar-refractivity contribution in [1.82, 2.24) is 4.90 Å². The molecule has 1 aliphatic rings. The summed E-state index contributed by atoms with van der Waals surface area (Å²) in [5.41, 5.74) is 1.39. The molecule has 0 spiro atoms. The highest BCUT2D eigenvalue weighted by Gasteiger charge is 2.28. The molecule has 1 unspecified atom stereocenters. The first-order valence-corrected chi connectivity index (χ1v) is 7.57. The highest BCUT2D eigenvalue weighted by molar-refractivity contribution is 5.30. The Labute approximate surface area is 122 Å². The molecule has 1 fully saturated rings. The highest BCUT2D eigenvalue weighted by atomic mass is 16.5. The fourth-order valence-corrected chi connectivity index (χ4v) is 3.28. The van der Waals surface area contributed by atoms with Crippen LogP contribution in [0.2, 0.25) is 0 Å². The lowest BCUT2D eigenvalue weighted by molar-refractivity contribution is 0.0975. The summed E-state index contributed by atoms with van der Waals surface area (Å²) in [7, 11) is 5.97. The monoisotopic (exact) mass is 277 g/mol. The number of hydrogen-bond donors (Lipinski definition) is 1. The molecule has 0 heterocycles. The van der Waals surface area contributed by atoms with Gasteiger partial charge in [-0.15, -0.1) is 0 Å². The summed E-state index contributed by atoms with van der Waals surface area (Å²) in [5, 5.41) is 9.70. The lowest BCUT2D eigenvalue weighted by atomic mass is 9.76. The third-order valence-electron chi connectivity index (χ3n) is 4.42. The maximum absolute atomic E-state index is 9.70. The number of aliphatic hydroxyl groups is 1. The molecule has 1 aliphatic carbocycles. The Hall–Kier alpha value is -1.06. The molecule has 1 atom stereocenters. The predicted octanol–water partition coefficient (Wildman–Crippen LogP) is 2.89. The first kappa shape index (κ1) is 15.3. The SMILES string of the molecule is COc1ccc(C(CN(C)C)C2CCC(O)CC2)cc1. The molecule has 0 aliphatic heterocycles. The van der Waals surface area contributed by atoms with Crippen molar-refractivity contribution in [3.05, 3.63) is 29.8 Å². The van der Waals surface area contributed by atoms with Crippen molar-refractivity contribution in [3.63, 3.8) is 0 Å². The van der Waals surface area contributed by atoms with E-state index in [4.69, 9.17) is 4.74 Å². The fourth-order valence-electron chi connectivity index (χ4n) is 3.28. The van der Waals surface area contributed by atoms with Crippen LogP contribution in [-0.2, 0) is 0 Å². The summed E-state index contributed by atoms with van der Waals surface area (Å²) in [6.07, 6.45) is 4.08. The molecule has 112 valence electrons. The smallest absolute Gasteiger partial charge is 0.118 e. The lowest BCUT2D eigenvalue weighted by Gasteiger charge is -2.34. The van der Waals surface area contributed by atoms with Crippen LogP contribution in [0.1, 0.15) is 37.2 Å². The number of hydrogen-bond acceptors (Lipinski definition) is 3. The standard InChI is InChI=1S/C17H27NO2/c1-18(2)12-17(13-4-8-15(19)9-5-13)14-6-10-16(20-3)11-7-14/h6-7,10-11,13,15,17,19H,4-5,8-9,12H2,1-3H3. The van der Waals surface area contributed by atoms with Crippen LogP contribution in [0.5, 0.6) is 5.75 Å². The maximum Gasteiger partial charge on any atom is 0.118 e. The number of aliphatic hydroxyl groups excluding tert-OH is 1. The van der Waals surface area contributed by atoms with Crippen LogP contribution in [0.15, 0.2) is 24.3 Å². The zero-order valence-corrected chi connectivity index (χ0v) is 12.9. The minimum atomic E-state index is -0.0814. The molecule has 1 saturated carbocycles. The molecule has 3 nitrogen and oxygen atoms in total. The minimum Gasteiger partial charge on any atom is -0.497 e. The Morgan fingerprint density at radius 2 is 1.75 bits per heavy atom. The van der Waals surface area contributed by atoms with Crippen molar-refractivity contribution in [1.29, 1.82) is 0 Å². The normalized spacial score (nSPS) is 24.6. The fraction of sp³-hybridized carbons (Fsp3) is 0.647. The first-order valence-electron chi connectivity index (χ1n) is 7.57. The summed E-state index contributed by atoms with van der Waals surface area (Å²) in [5.74, 6) is 2.13. The molecule has 0 aromatic heterocycles. The van der Waals surface area contributed by atoms with Crippen LogP contribution in [0.4, 0.5) is 0 Å². The summed E-state index contributed by atoms with van der Waals surface area (Å²) in [6.45, 7) is 1.06. The minimum absolute atomic E-state index is 0.0814. The number of likely N-dealkylation sites (N-methyl/N-ethyl adjacent to an activating group) is 1. The number of ether oxygens (including phenoxy) is 1. The Kier molecular flexibility index (Phi) is 5.44. The van der Waals surface area contributed by atoms with Crippen molar-refractivity contribution in [2.45, 2.75) is 37.7 Å². The zero-order valence-electron chi connectivity index (χ0n) is 12.9. The van der Waals surface area contributed by atoms with Gasteiger partial charge >= 0.3 is 0 Å². The van der Waals surface area contributed by atoms with Crippen molar-refractivity contribution in [2.24, 2.45) is 5.92 Å². The van der Waals surface area contributed by atoms with Crippen molar-refractivity contribution >= 4 is 0 Å². The molecular weight excluding hydrogens is 250 g/mol. The van der Waals surface area contributed by atoms with Crippen LogP contribution in [0, 0.1) is 5.92 Å². The highest BCUT2D eigenvalue weighted by Crippen LogP contribution is 2.37. The van der Waals surface area contributed by atoms with Crippen LogP contribution >= 0.6 is 0 Å². The van der Waals surface area contributed by atoms with E-state index in [1.807, 2.05) is 0 Å². The second-order valence-corrected chi connectivity index (χ2v) is 6.21. The molecule has 1 aromatic rings. The molecule has 0 bridgehead atoms. The van der Waals surface area contributed by atoms with Gasteiger partial charge in [-0.05, 0) is 69.3 Å². The Morgan fingerprint density at radius 1 is 1.15 bits per heavy atom. The van der Waals surface area contributed by atoms with Gasteiger partial charge in [-0.2, -0.15) is 0 Å². The molecule has 0 saturated heterocycles. The average molecular weight is 277 g/mol. The van der Waals surface area contributed by atoms with Gasteiger partial charge in [0.1, 0.15) is 5.75 Å². The molecule has 20 heavy (non-hydrogen) atoms. The molecule has 0 radical (unpaired) electrons. The lowest BCUT2D eigenvalue weighted by Crippen LogP contribution is -2.29. The second kappa shape index (κ2) is 7.09. The van der Waals surface area contributed by atoms with Gasteiger partial charge in [-0.3, -0.25) is 0 Å². The van der Waals surface area contributed by atoms with E-state index in [1.54, 1.807) is 7.11 Å². The maximum atomic E-state index is 9.70. The van der Waals surface area contributed by atoms with E-state index >= 15 is 0 Å². The topological polar surface area (TPSA) is 32.7 Å². The van der Waals surface area contributed by atoms with Crippen molar-refractivity contribution in [2.75, 3.05) is 27.7 Å². The molecule has 0 amide bonds. The van der Waals surface area contributed by atoms with Crippen LogP contribution < -0.4 is 4.74 Å². The number of rotatable bonds is 5. The van der Waals surface area contributed by atoms with Gasteiger partial charge in [0.2, 0.25) is 0 Å². The quantitative estimate of drug-likeness (QED) is 0.898. The molecule has 1 aromatic carbocycles. The van der Waals surface area contributed by atoms with Crippen LogP contribution in [0.3, 0.4) is 0 Å². The molecule has 2 rings (SSSR count). The third-order valence-corrected chi connectivity index (χ3v) is 4.42. The summed E-state index contributed by atoms with van der Waals surface area (Å²) >= 11 is 0. The Balaban J connectivity index is 2.13.